The van der Waals surface area contributed by atoms with Crippen molar-refractivity contribution in [3.05, 3.63) is 12.2 Å². The van der Waals surface area contributed by atoms with E-state index in [4.69, 9.17) is 0 Å². The molecular formula is C15H31N3. The summed E-state index contributed by atoms with van der Waals surface area (Å²) in [5.41, 5.74) is 0. The second-order valence-electron chi connectivity index (χ2n) is 4.97. The molecule has 0 spiro atoms. The van der Waals surface area contributed by atoms with Crippen molar-refractivity contribution in [2.24, 2.45) is 0 Å². The molecule has 0 aromatic rings. The summed E-state index contributed by atoms with van der Waals surface area (Å²) >= 11 is 0. The van der Waals surface area contributed by atoms with Gasteiger partial charge in [0.15, 0.2) is 0 Å². The van der Waals surface area contributed by atoms with E-state index >= 15 is 0 Å². The SMILES string of the molecule is CCCC(NC1C=C1)(N(CC)CC)N(CC)CC. The van der Waals surface area contributed by atoms with Gasteiger partial charge in [-0.3, -0.25) is 15.1 Å². The first-order valence-electron chi connectivity index (χ1n) is 7.64. The minimum atomic E-state index is 0.0237. The van der Waals surface area contributed by atoms with Gasteiger partial charge in [0.25, 0.3) is 0 Å². The summed E-state index contributed by atoms with van der Waals surface area (Å²) in [6, 6.07) is 0.498. The summed E-state index contributed by atoms with van der Waals surface area (Å²) in [6.07, 6.45) is 6.87. The third-order valence-electron chi connectivity index (χ3n) is 3.95. The quantitative estimate of drug-likeness (QED) is 0.477. The zero-order chi connectivity index (χ0) is 13.6. The molecule has 0 heterocycles. The molecule has 0 saturated heterocycles. The van der Waals surface area contributed by atoms with Crippen LogP contribution < -0.4 is 5.32 Å². The molecule has 18 heavy (non-hydrogen) atoms. The molecule has 0 bridgehead atoms. The van der Waals surface area contributed by atoms with Gasteiger partial charge in [-0.2, -0.15) is 0 Å². The van der Waals surface area contributed by atoms with Crippen LogP contribution in [-0.4, -0.2) is 47.8 Å². The van der Waals surface area contributed by atoms with Crippen molar-refractivity contribution in [2.75, 3.05) is 26.2 Å². The van der Waals surface area contributed by atoms with Gasteiger partial charge >= 0.3 is 0 Å². The van der Waals surface area contributed by atoms with E-state index in [1.54, 1.807) is 0 Å². The largest absolute Gasteiger partial charge is 0.277 e. The number of hydrogen-bond donors (Lipinski definition) is 1. The Morgan fingerprint density at radius 1 is 0.889 bits per heavy atom. The summed E-state index contributed by atoms with van der Waals surface area (Å²) < 4.78 is 0. The Bertz CT molecular complexity index is 236. The average molecular weight is 253 g/mol. The van der Waals surface area contributed by atoms with E-state index in [9.17, 15) is 0 Å². The highest BCUT2D eigenvalue weighted by Crippen LogP contribution is 2.26. The molecule has 0 unspecified atom stereocenters. The van der Waals surface area contributed by atoms with E-state index in [0.29, 0.717) is 6.04 Å². The van der Waals surface area contributed by atoms with Gasteiger partial charge < -0.3 is 0 Å². The summed E-state index contributed by atoms with van der Waals surface area (Å²) in [4.78, 5) is 5.15. The minimum Gasteiger partial charge on any atom is -0.277 e. The fourth-order valence-corrected chi connectivity index (χ4v) is 3.03. The van der Waals surface area contributed by atoms with Gasteiger partial charge in [-0.25, -0.2) is 0 Å². The smallest absolute Gasteiger partial charge is 0.129 e. The first-order chi connectivity index (χ1) is 8.68. The van der Waals surface area contributed by atoms with E-state index < -0.39 is 0 Å². The molecule has 106 valence electrons. The molecule has 3 heteroatoms. The molecule has 1 rings (SSSR count). The van der Waals surface area contributed by atoms with Gasteiger partial charge in [-0.05, 0) is 32.6 Å². The topological polar surface area (TPSA) is 18.5 Å². The number of hydrogen-bond acceptors (Lipinski definition) is 3. The van der Waals surface area contributed by atoms with E-state index in [-0.39, 0.29) is 5.79 Å². The lowest BCUT2D eigenvalue weighted by Gasteiger charge is -2.51. The lowest BCUT2D eigenvalue weighted by Crippen LogP contribution is -2.69. The molecule has 3 nitrogen and oxygen atoms in total. The maximum Gasteiger partial charge on any atom is 0.129 e. The first-order valence-corrected chi connectivity index (χ1v) is 7.64. The summed E-state index contributed by atoms with van der Waals surface area (Å²) in [5, 5.41) is 3.85. The zero-order valence-electron chi connectivity index (χ0n) is 12.9. The van der Waals surface area contributed by atoms with Crippen LogP contribution >= 0.6 is 0 Å². The van der Waals surface area contributed by atoms with Crippen LogP contribution in [0.15, 0.2) is 12.2 Å². The Morgan fingerprint density at radius 2 is 1.33 bits per heavy atom. The van der Waals surface area contributed by atoms with Gasteiger partial charge in [-0.15, -0.1) is 0 Å². The summed E-state index contributed by atoms with van der Waals surface area (Å²) in [5.74, 6) is 0.0237. The Balaban J connectivity index is 2.96. The molecule has 0 aliphatic heterocycles. The van der Waals surface area contributed by atoms with Gasteiger partial charge in [0.1, 0.15) is 5.79 Å². The lowest BCUT2D eigenvalue weighted by molar-refractivity contribution is -0.0843. The normalized spacial score (nSPS) is 15.9. The second kappa shape index (κ2) is 7.27. The number of nitrogens with zero attached hydrogens (tertiary/aromatic N) is 2. The highest BCUT2D eigenvalue weighted by Gasteiger charge is 2.40. The molecule has 0 saturated carbocycles. The van der Waals surface area contributed by atoms with Crippen LogP contribution in [0.5, 0.6) is 0 Å². The van der Waals surface area contributed by atoms with Crippen LogP contribution in [0.2, 0.25) is 0 Å². The van der Waals surface area contributed by atoms with Gasteiger partial charge in [-0.1, -0.05) is 53.2 Å². The maximum atomic E-state index is 3.85. The van der Waals surface area contributed by atoms with Crippen LogP contribution in [0.25, 0.3) is 0 Å². The monoisotopic (exact) mass is 253 g/mol. The lowest BCUT2D eigenvalue weighted by atomic mass is 10.1. The fraction of sp³-hybridized carbons (Fsp3) is 0.867. The van der Waals surface area contributed by atoms with Crippen molar-refractivity contribution in [1.29, 1.82) is 0 Å². The molecule has 1 aliphatic carbocycles. The van der Waals surface area contributed by atoms with E-state index in [1.807, 2.05) is 0 Å². The van der Waals surface area contributed by atoms with Crippen LogP contribution in [0.3, 0.4) is 0 Å². The maximum absolute atomic E-state index is 3.85. The van der Waals surface area contributed by atoms with Crippen molar-refractivity contribution >= 4 is 0 Å². The molecule has 0 aromatic heterocycles. The molecule has 0 fully saturated rings. The standard InChI is InChI=1S/C15H31N3/c1-6-13-15(16-14-11-12-14,17(7-2)8-3)18(9-4)10-5/h11-12,14,16H,6-10,13H2,1-5H3. The number of rotatable bonds is 10. The van der Waals surface area contributed by atoms with Crippen LogP contribution in [-0.2, 0) is 0 Å². The van der Waals surface area contributed by atoms with E-state index in [0.717, 1.165) is 26.2 Å². The first kappa shape index (κ1) is 15.7. The highest BCUT2D eigenvalue weighted by molar-refractivity contribution is 5.21. The van der Waals surface area contributed by atoms with E-state index in [1.165, 1.54) is 12.8 Å². The molecule has 1 aliphatic rings. The van der Waals surface area contributed by atoms with Crippen molar-refractivity contribution < 1.29 is 0 Å². The Hall–Kier alpha value is -0.380. The number of nitrogens with one attached hydrogen (secondary N) is 1. The Morgan fingerprint density at radius 3 is 1.61 bits per heavy atom. The van der Waals surface area contributed by atoms with Crippen LogP contribution in [0.1, 0.15) is 47.5 Å². The predicted octanol–water partition coefficient (Wildman–Crippen LogP) is 2.65. The summed E-state index contributed by atoms with van der Waals surface area (Å²) in [6.45, 7) is 15.7. The van der Waals surface area contributed by atoms with Crippen molar-refractivity contribution in [1.82, 2.24) is 15.1 Å². The zero-order valence-corrected chi connectivity index (χ0v) is 12.9. The third-order valence-corrected chi connectivity index (χ3v) is 3.95. The fourth-order valence-electron chi connectivity index (χ4n) is 3.03. The average Bonchev–Trinajstić information content (AvgIpc) is 3.16. The Kier molecular flexibility index (Phi) is 6.33. The molecular weight excluding hydrogens is 222 g/mol. The molecule has 1 N–H and O–H groups in total. The molecule has 0 amide bonds. The van der Waals surface area contributed by atoms with Crippen molar-refractivity contribution in [3.63, 3.8) is 0 Å². The Labute approximate surface area is 113 Å². The van der Waals surface area contributed by atoms with E-state index in [2.05, 4.69) is 61.9 Å². The summed E-state index contributed by atoms with van der Waals surface area (Å²) in [7, 11) is 0. The molecule has 0 aromatic carbocycles. The predicted molar refractivity (Wildman–Crippen MR) is 79.5 cm³/mol. The van der Waals surface area contributed by atoms with Crippen LogP contribution in [0, 0.1) is 0 Å². The highest BCUT2D eigenvalue weighted by atomic mass is 15.5. The van der Waals surface area contributed by atoms with Crippen molar-refractivity contribution in [2.45, 2.75) is 59.3 Å². The minimum absolute atomic E-state index is 0.0237. The van der Waals surface area contributed by atoms with Gasteiger partial charge in [0, 0.05) is 6.04 Å². The molecule has 0 atom stereocenters. The second-order valence-corrected chi connectivity index (χ2v) is 4.97. The molecule has 0 radical (unpaired) electrons. The van der Waals surface area contributed by atoms with Crippen LogP contribution in [0.4, 0.5) is 0 Å². The van der Waals surface area contributed by atoms with Gasteiger partial charge in [0.2, 0.25) is 0 Å². The van der Waals surface area contributed by atoms with Crippen molar-refractivity contribution in [3.8, 4) is 0 Å². The third kappa shape index (κ3) is 3.34. The van der Waals surface area contributed by atoms with Gasteiger partial charge in [0.05, 0.1) is 0 Å².